The van der Waals surface area contributed by atoms with Crippen molar-refractivity contribution in [2.24, 2.45) is 0 Å². The zero-order valence-electron chi connectivity index (χ0n) is 18.3. The number of benzene rings is 3. The standard InChI is InChI=1S/C27H24N2O4/c1-2-3-17-32-27(31)20-13-15-21(16-14-20)29-25(30)22-11-7-8-12-23(22)26-28-18-24(33-26)19-9-5-4-6-10-19/h4-16,18H,2-3,17H2,1H3,(H,29,30). The number of nitrogens with zero attached hydrogens (tertiary/aromatic N) is 1. The summed E-state index contributed by atoms with van der Waals surface area (Å²) < 4.78 is 11.2. The number of rotatable bonds is 8. The van der Waals surface area contributed by atoms with Gasteiger partial charge in [-0.1, -0.05) is 55.8 Å². The molecule has 1 heterocycles. The average molecular weight is 440 g/mol. The van der Waals surface area contributed by atoms with E-state index in [0.717, 1.165) is 18.4 Å². The molecule has 1 amide bonds. The summed E-state index contributed by atoms with van der Waals surface area (Å²) in [7, 11) is 0. The normalized spacial score (nSPS) is 10.6. The lowest BCUT2D eigenvalue weighted by atomic mass is 10.1. The molecule has 166 valence electrons. The number of oxazole rings is 1. The minimum atomic E-state index is -0.371. The van der Waals surface area contributed by atoms with Crippen molar-refractivity contribution in [3.05, 3.63) is 96.2 Å². The van der Waals surface area contributed by atoms with Crippen molar-refractivity contribution in [1.82, 2.24) is 4.98 Å². The summed E-state index contributed by atoms with van der Waals surface area (Å²) in [6.07, 6.45) is 3.44. The summed E-state index contributed by atoms with van der Waals surface area (Å²) in [5.41, 5.74) is 2.94. The van der Waals surface area contributed by atoms with Crippen LogP contribution >= 0.6 is 0 Å². The highest BCUT2D eigenvalue weighted by Crippen LogP contribution is 2.28. The molecule has 0 radical (unpaired) electrons. The van der Waals surface area contributed by atoms with Crippen LogP contribution in [0.25, 0.3) is 22.8 Å². The van der Waals surface area contributed by atoms with Crippen molar-refractivity contribution in [2.45, 2.75) is 19.8 Å². The molecule has 0 unspecified atom stereocenters. The summed E-state index contributed by atoms with van der Waals surface area (Å²) in [6, 6.07) is 23.4. The molecule has 4 rings (SSSR count). The Bertz CT molecular complexity index is 1230. The lowest BCUT2D eigenvalue weighted by Gasteiger charge is -2.09. The van der Waals surface area contributed by atoms with Crippen LogP contribution in [0, 0.1) is 0 Å². The largest absolute Gasteiger partial charge is 0.462 e. The number of unbranched alkanes of at least 4 members (excludes halogenated alkanes) is 1. The van der Waals surface area contributed by atoms with Crippen molar-refractivity contribution in [1.29, 1.82) is 0 Å². The lowest BCUT2D eigenvalue weighted by Crippen LogP contribution is -2.13. The minimum Gasteiger partial charge on any atom is -0.462 e. The Morgan fingerprint density at radius 1 is 0.939 bits per heavy atom. The van der Waals surface area contributed by atoms with E-state index in [4.69, 9.17) is 9.15 Å². The monoisotopic (exact) mass is 440 g/mol. The third-order valence-electron chi connectivity index (χ3n) is 5.08. The van der Waals surface area contributed by atoms with E-state index in [0.29, 0.717) is 40.6 Å². The van der Waals surface area contributed by atoms with Crippen LogP contribution < -0.4 is 5.32 Å². The number of amides is 1. The van der Waals surface area contributed by atoms with Crippen LogP contribution in [0.3, 0.4) is 0 Å². The van der Waals surface area contributed by atoms with E-state index < -0.39 is 0 Å². The topological polar surface area (TPSA) is 81.4 Å². The highest BCUT2D eigenvalue weighted by atomic mass is 16.5. The first-order valence-electron chi connectivity index (χ1n) is 10.8. The van der Waals surface area contributed by atoms with Crippen LogP contribution in [0.5, 0.6) is 0 Å². The minimum absolute atomic E-state index is 0.302. The van der Waals surface area contributed by atoms with Crippen LogP contribution in [0.4, 0.5) is 5.69 Å². The van der Waals surface area contributed by atoms with Crippen LogP contribution in [0.2, 0.25) is 0 Å². The van der Waals surface area contributed by atoms with Crippen LogP contribution in [-0.4, -0.2) is 23.5 Å². The fourth-order valence-corrected chi connectivity index (χ4v) is 3.28. The van der Waals surface area contributed by atoms with Gasteiger partial charge in [0.25, 0.3) is 5.91 Å². The zero-order chi connectivity index (χ0) is 23.0. The maximum absolute atomic E-state index is 13.0. The molecule has 1 aromatic heterocycles. The van der Waals surface area contributed by atoms with Gasteiger partial charge in [-0.2, -0.15) is 0 Å². The molecule has 0 aliphatic heterocycles. The first kappa shape index (κ1) is 22.0. The number of nitrogens with one attached hydrogen (secondary N) is 1. The summed E-state index contributed by atoms with van der Waals surface area (Å²) >= 11 is 0. The van der Waals surface area contributed by atoms with Gasteiger partial charge in [-0.05, 0) is 42.8 Å². The molecule has 33 heavy (non-hydrogen) atoms. The molecule has 4 aromatic rings. The van der Waals surface area contributed by atoms with Gasteiger partial charge in [0.1, 0.15) is 0 Å². The van der Waals surface area contributed by atoms with Crippen LogP contribution in [0.15, 0.2) is 89.5 Å². The first-order valence-corrected chi connectivity index (χ1v) is 10.8. The fourth-order valence-electron chi connectivity index (χ4n) is 3.28. The van der Waals surface area contributed by atoms with Gasteiger partial charge in [0, 0.05) is 16.8 Å². The number of hydrogen-bond donors (Lipinski definition) is 1. The predicted molar refractivity (Wildman–Crippen MR) is 127 cm³/mol. The second-order valence-electron chi connectivity index (χ2n) is 7.46. The molecular formula is C27H24N2O4. The first-order chi connectivity index (χ1) is 16.2. The third kappa shape index (κ3) is 5.36. The van der Waals surface area contributed by atoms with Gasteiger partial charge >= 0.3 is 5.97 Å². The molecule has 0 bridgehead atoms. The predicted octanol–water partition coefficient (Wildman–Crippen LogP) is 6.22. The van der Waals surface area contributed by atoms with Gasteiger partial charge < -0.3 is 14.5 Å². The molecule has 0 fully saturated rings. The fraction of sp³-hybridized carbons (Fsp3) is 0.148. The average Bonchev–Trinajstić information content (AvgIpc) is 3.35. The summed E-state index contributed by atoms with van der Waals surface area (Å²) in [4.78, 5) is 29.4. The number of carbonyl (C=O) groups excluding carboxylic acids is 2. The molecule has 6 heteroatoms. The number of hydrogen-bond acceptors (Lipinski definition) is 5. The highest BCUT2D eigenvalue weighted by molar-refractivity contribution is 6.08. The van der Waals surface area contributed by atoms with E-state index in [1.54, 1.807) is 48.7 Å². The number of esters is 1. The van der Waals surface area contributed by atoms with E-state index in [1.807, 2.05) is 43.3 Å². The second-order valence-corrected chi connectivity index (χ2v) is 7.46. The number of aromatic nitrogens is 1. The smallest absolute Gasteiger partial charge is 0.338 e. The SMILES string of the molecule is CCCCOC(=O)c1ccc(NC(=O)c2ccccc2-c2ncc(-c3ccccc3)o2)cc1. The summed E-state index contributed by atoms with van der Waals surface area (Å²) in [5, 5.41) is 2.86. The highest BCUT2D eigenvalue weighted by Gasteiger charge is 2.17. The van der Waals surface area contributed by atoms with Gasteiger partial charge in [0.05, 0.1) is 23.9 Å². The van der Waals surface area contributed by atoms with E-state index >= 15 is 0 Å². The molecular weight excluding hydrogens is 416 g/mol. The Kier molecular flexibility index (Phi) is 6.95. The van der Waals surface area contributed by atoms with Gasteiger partial charge in [0.15, 0.2) is 5.76 Å². The Hall–Kier alpha value is -4.19. The van der Waals surface area contributed by atoms with E-state index in [9.17, 15) is 9.59 Å². The number of anilines is 1. The molecule has 6 nitrogen and oxygen atoms in total. The van der Waals surface area contributed by atoms with Gasteiger partial charge in [0.2, 0.25) is 5.89 Å². The maximum Gasteiger partial charge on any atom is 0.338 e. The van der Waals surface area contributed by atoms with E-state index in [2.05, 4.69) is 10.3 Å². The molecule has 3 aromatic carbocycles. The molecule has 1 N–H and O–H groups in total. The quantitative estimate of drug-likeness (QED) is 0.260. The van der Waals surface area contributed by atoms with E-state index in [-0.39, 0.29) is 11.9 Å². The maximum atomic E-state index is 13.0. The summed E-state index contributed by atoms with van der Waals surface area (Å²) in [6.45, 7) is 2.44. The van der Waals surface area contributed by atoms with Crippen LogP contribution in [-0.2, 0) is 4.74 Å². The Morgan fingerprint density at radius 3 is 2.42 bits per heavy atom. The lowest BCUT2D eigenvalue weighted by molar-refractivity contribution is 0.0499. The molecule has 0 spiro atoms. The van der Waals surface area contributed by atoms with Gasteiger partial charge in [-0.3, -0.25) is 4.79 Å². The number of carbonyl (C=O) groups is 2. The van der Waals surface area contributed by atoms with Crippen LogP contribution in [0.1, 0.15) is 40.5 Å². The molecule has 0 saturated heterocycles. The van der Waals surface area contributed by atoms with Crippen molar-refractivity contribution >= 4 is 17.6 Å². The molecule has 0 aliphatic rings. The molecule has 0 atom stereocenters. The molecule has 0 aliphatic carbocycles. The Labute approximate surface area is 192 Å². The second kappa shape index (κ2) is 10.4. The van der Waals surface area contributed by atoms with Crippen molar-refractivity contribution < 1.29 is 18.7 Å². The van der Waals surface area contributed by atoms with Gasteiger partial charge in [-0.15, -0.1) is 0 Å². The van der Waals surface area contributed by atoms with E-state index in [1.165, 1.54) is 0 Å². The summed E-state index contributed by atoms with van der Waals surface area (Å²) in [5.74, 6) is 0.320. The third-order valence-corrected chi connectivity index (χ3v) is 5.08. The van der Waals surface area contributed by atoms with Crippen molar-refractivity contribution in [3.8, 4) is 22.8 Å². The molecule has 0 saturated carbocycles. The van der Waals surface area contributed by atoms with Crippen molar-refractivity contribution in [2.75, 3.05) is 11.9 Å². The van der Waals surface area contributed by atoms with Crippen molar-refractivity contribution in [3.63, 3.8) is 0 Å². The Morgan fingerprint density at radius 2 is 1.67 bits per heavy atom. The zero-order valence-corrected chi connectivity index (χ0v) is 18.3. The van der Waals surface area contributed by atoms with Gasteiger partial charge in [-0.25, -0.2) is 9.78 Å². The Balaban J connectivity index is 1.49. The number of ether oxygens (including phenoxy) is 1.